The number of nitrogens with zero attached hydrogens (tertiary/aromatic N) is 1. The third-order valence-corrected chi connectivity index (χ3v) is 9.87. The lowest BCUT2D eigenvalue weighted by atomic mass is 9.57. The second kappa shape index (κ2) is 10.2. The molecule has 2 aromatic rings. The molecule has 1 unspecified atom stereocenters. The number of benzene rings is 2. The van der Waals surface area contributed by atoms with E-state index in [-0.39, 0.29) is 35.8 Å². The Bertz CT molecular complexity index is 1590. The lowest BCUT2D eigenvalue weighted by molar-refractivity contribution is -0.150. The SMILES string of the molecule is CN[C@@H]1C(=O)C(C(N)=O)=C(O)[C@@]2(O)C(=O)C3=C(O)c4c(O)cc(C5CCCN5Cc5ccccc5)c(Cl)c4C[C@H]3C[C@@H]12. The zero-order valence-electron chi connectivity index (χ0n) is 22.9. The molecule has 5 atom stereocenters. The fourth-order valence-corrected chi connectivity index (χ4v) is 7.86. The van der Waals surface area contributed by atoms with Gasteiger partial charge in [-0.05, 0) is 68.0 Å². The highest BCUT2D eigenvalue weighted by Crippen LogP contribution is 2.54. The third-order valence-electron chi connectivity index (χ3n) is 9.42. The molecule has 10 nitrogen and oxygen atoms in total. The Morgan fingerprint density at radius 1 is 1.19 bits per heavy atom. The number of phenolic OH excluding ortho intramolecular Hbond substituents is 1. The van der Waals surface area contributed by atoms with E-state index in [2.05, 4.69) is 22.3 Å². The maximum Gasteiger partial charge on any atom is 0.255 e. The number of likely N-dealkylation sites (N-methyl/N-ethyl adjacent to an activating group) is 1. The first-order valence-electron chi connectivity index (χ1n) is 14.0. The number of halogens is 1. The molecule has 42 heavy (non-hydrogen) atoms. The van der Waals surface area contributed by atoms with Gasteiger partial charge in [0.1, 0.15) is 22.8 Å². The summed E-state index contributed by atoms with van der Waals surface area (Å²) in [6.45, 7) is 1.56. The number of ketones is 2. The molecule has 0 spiro atoms. The van der Waals surface area contributed by atoms with Gasteiger partial charge in [-0.25, -0.2) is 0 Å². The van der Waals surface area contributed by atoms with E-state index in [0.29, 0.717) is 17.1 Å². The molecule has 4 aliphatic rings. The van der Waals surface area contributed by atoms with E-state index >= 15 is 0 Å². The highest BCUT2D eigenvalue weighted by molar-refractivity contribution is 6.33. The molecule has 0 bridgehead atoms. The van der Waals surface area contributed by atoms with Gasteiger partial charge in [0, 0.05) is 29.1 Å². The number of carbonyl (C=O) groups excluding carboxylic acids is 3. The minimum absolute atomic E-state index is 0.000693. The van der Waals surface area contributed by atoms with E-state index < -0.39 is 58.0 Å². The normalized spacial score (nSPS) is 29.4. The molecule has 7 N–H and O–H groups in total. The Hall–Kier alpha value is -3.70. The minimum Gasteiger partial charge on any atom is -0.508 e. The van der Waals surface area contributed by atoms with Gasteiger partial charge in [-0.15, -0.1) is 0 Å². The van der Waals surface area contributed by atoms with Crippen LogP contribution in [0.5, 0.6) is 5.75 Å². The maximum absolute atomic E-state index is 13.9. The van der Waals surface area contributed by atoms with Crippen LogP contribution >= 0.6 is 11.6 Å². The number of primary amides is 1. The van der Waals surface area contributed by atoms with E-state index in [9.17, 15) is 34.8 Å². The van der Waals surface area contributed by atoms with E-state index in [0.717, 1.165) is 30.5 Å². The van der Waals surface area contributed by atoms with Crippen molar-refractivity contribution in [3.8, 4) is 5.75 Å². The highest BCUT2D eigenvalue weighted by atomic mass is 35.5. The summed E-state index contributed by atoms with van der Waals surface area (Å²) in [4.78, 5) is 41.3. The molecule has 0 aromatic heterocycles. The number of aliphatic hydroxyl groups excluding tert-OH is 2. The van der Waals surface area contributed by atoms with Crippen LogP contribution in [-0.2, 0) is 27.3 Å². The van der Waals surface area contributed by atoms with Gasteiger partial charge >= 0.3 is 0 Å². The molecule has 1 amide bonds. The smallest absolute Gasteiger partial charge is 0.255 e. The Balaban J connectivity index is 1.44. The topological polar surface area (TPSA) is 173 Å². The number of hydrogen-bond acceptors (Lipinski definition) is 9. The Morgan fingerprint density at radius 3 is 2.57 bits per heavy atom. The van der Waals surface area contributed by atoms with Gasteiger partial charge < -0.3 is 31.5 Å². The van der Waals surface area contributed by atoms with Crippen molar-refractivity contribution in [3.05, 3.63) is 80.6 Å². The number of amides is 1. The number of hydrogen-bond donors (Lipinski definition) is 6. The summed E-state index contributed by atoms with van der Waals surface area (Å²) < 4.78 is 0. The predicted molar refractivity (Wildman–Crippen MR) is 153 cm³/mol. The second-order valence-corrected chi connectivity index (χ2v) is 12.0. The molecule has 1 saturated carbocycles. The van der Waals surface area contributed by atoms with Crippen molar-refractivity contribution in [2.45, 2.75) is 49.9 Å². The fraction of sp³-hybridized carbons (Fsp3) is 0.387. The number of aliphatic hydroxyl groups is 3. The van der Waals surface area contributed by atoms with Crippen LogP contribution in [0.1, 0.15) is 47.6 Å². The number of carbonyl (C=O) groups is 3. The molecule has 2 aromatic carbocycles. The van der Waals surface area contributed by atoms with Crippen molar-refractivity contribution >= 4 is 34.8 Å². The first-order valence-corrected chi connectivity index (χ1v) is 14.4. The lowest BCUT2D eigenvalue weighted by Gasteiger charge is -2.49. The van der Waals surface area contributed by atoms with Gasteiger partial charge in [-0.2, -0.15) is 0 Å². The lowest BCUT2D eigenvalue weighted by Crippen LogP contribution is -2.65. The summed E-state index contributed by atoms with van der Waals surface area (Å²) in [5, 5.41) is 48.3. The molecule has 0 radical (unpaired) electrons. The van der Waals surface area contributed by atoms with Crippen LogP contribution in [0, 0.1) is 11.8 Å². The van der Waals surface area contributed by atoms with Crippen LogP contribution in [0.3, 0.4) is 0 Å². The first-order chi connectivity index (χ1) is 20.0. The molecule has 3 aliphatic carbocycles. The molecule has 2 fully saturated rings. The van der Waals surface area contributed by atoms with Crippen LogP contribution in [0.25, 0.3) is 5.76 Å². The number of phenols is 1. The Labute approximate surface area is 247 Å². The molecule has 1 aliphatic heterocycles. The van der Waals surface area contributed by atoms with E-state index in [1.807, 2.05) is 18.2 Å². The summed E-state index contributed by atoms with van der Waals surface area (Å²) in [5.41, 5.74) is 3.94. The number of aromatic hydroxyl groups is 1. The average Bonchev–Trinajstić information content (AvgIpc) is 3.40. The van der Waals surface area contributed by atoms with Gasteiger partial charge in [0.05, 0.1) is 11.6 Å². The zero-order valence-corrected chi connectivity index (χ0v) is 23.7. The zero-order chi connectivity index (χ0) is 30.1. The quantitative estimate of drug-likeness (QED) is 0.285. The van der Waals surface area contributed by atoms with Gasteiger partial charge in [-0.3, -0.25) is 19.3 Å². The number of nitrogens with one attached hydrogen (secondary N) is 1. The summed E-state index contributed by atoms with van der Waals surface area (Å²) in [5.74, 6) is -6.93. The van der Waals surface area contributed by atoms with Crippen LogP contribution < -0.4 is 11.1 Å². The Morgan fingerprint density at radius 2 is 1.90 bits per heavy atom. The van der Waals surface area contributed by atoms with E-state index in [4.69, 9.17) is 17.3 Å². The minimum atomic E-state index is -2.68. The molecule has 1 heterocycles. The van der Waals surface area contributed by atoms with Crippen molar-refractivity contribution in [3.63, 3.8) is 0 Å². The number of nitrogens with two attached hydrogens (primary N) is 1. The first kappa shape index (κ1) is 28.4. The molecule has 220 valence electrons. The third kappa shape index (κ3) is 4.00. The average molecular weight is 594 g/mol. The summed E-state index contributed by atoms with van der Waals surface area (Å²) >= 11 is 7.03. The van der Waals surface area contributed by atoms with Crippen LogP contribution in [0.2, 0.25) is 5.02 Å². The molecule has 1 saturated heterocycles. The van der Waals surface area contributed by atoms with Crippen LogP contribution in [0.15, 0.2) is 53.3 Å². The van der Waals surface area contributed by atoms with Gasteiger partial charge in [0.2, 0.25) is 5.78 Å². The number of rotatable bonds is 5. The van der Waals surface area contributed by atoms with Gasteiger partial charge in [0.15, 0.2) is 11.4 Å². The number of Topliss-reactive ketones (excluding diaryl/α,β-unsaturated/α-hetero) is 2. The monoisotopic (exact) mass is 593 g/mol. The standard InChI is InChI=1S/C31H32ClN3O7/c1-34-25-18-11-15-10-17-22(26(37)21(15)28(39)31(18,42)29(40)23(27(25)38)30(33)41)20(36)12-16(24(17)32)19-8-5-9-35(19)13-14-6-3-2-4-7-14/h2-4,6-7,12,15,18-19,25,34,36-37,40,42H,5,8-11,13H2,1H3,(H2,33,41)/t15-,18-,19?,25-,31-/m0/s1. The van der Waals surface area contributed by atoms with Gasteiger partial charge in [0.25, 0.3) is 5.91 Å². The van der Waals surface area contributed by atoms with Crippen molar-refractivity contribution in [1.29, 1.82) is 0 Å². The fourth-order valence-electron chi connectivity index (χ4n) is 7.50. The largest absolute Gasteiger partial charge is 0.508 e. The van der Waals surface area contributed by atoms with Gasteiger partial charge in [-0.1, -0.05) is 41.9 Å². The van der Waals surface area contributed by atoms with E-state index in [1.54, 1.807) is 0 Å². The van der Waals surface area contributed by atoms with Crippen LogP contribution in [-0.4, -0.2) is 68.0 Å². The molecule has 11 heteroatoms. The van der Waals surface area contributed by atoms with Crippen LogP contribution in [0.4, 0.5) is 0 Å². The maximum atomic E-state index is 13.9. The van der Waals surface area contributed by atoms with Crippen molar-refractivity contribution < 1.29 is 34.8 Å². The predicted octanol–water partition coefficient (Wildman–Crippen LogP) is 2.61. The second-order valence-electron chi connectivity index (χ2n) is 11.6. The summed E-state index contributed by atoms with van der Waals surface area (Å²) in [6.07, 6.45) is 1.92. The highest BCUT2D eigenvalue weighted by Gasteiger charge is 2.63. The van der Waals surface area contributed by atoms with Crippen molar-refractivity contribution in [2.75, 3.05) is 13.6 Å². The Kier molecular flexibility index (Phi) is 6.93. The molecule has 6 rings (SSSR count). The van der Waals surface area contributed by atoms with Crippen molar-refractivity contribution in [2.24, 2.45) is 17.6 Å². The summed E-state index contributed by atoms with van der Waals surface area (Å²) in [7, 11) is 1.44. The summed E-state index contributed by atoms with van der Waals surface area (Å²) in [6, 6.07) is 10.3. The van der Waals surface area contributed by atoms with Crippen molar-refractivity contribution in [1.82, 2.24) is 10.2 Å². The molecular weight excluding hydrogens is 562 g/mol. The van der Waals surface area contributed by atoms with E-state index in [1.165, 1.54) is 13.1 Å². The number of fused-ring (bicyclic) bond motifs is 3. The molecular formula is C31H32ClN3O7. The number of likely N-dealkylation sites (tertiary alicyclic amines) is 1.